The first-order valence-electron chi connectivity index (χ1n) is 6.83. The Hall–Kier alpha value is -1.60. The van der Waals surface area contributed by atoms with E-state index in [4.69, 9.17) is 0 Å². The Morgan fingerprint density at radius 3 is 2.90 bits per heavy atom. The molecule has 0 aromatic carbocycles. The molecule has 0 radical (unpaired) electrons. The van der Waals surface area contributed by atoms with Gasteiger partial charge in [-0.3, -0.25) is 4.79 Å². The van der Waals surface area contributed by atoms with Crippen LogP contribution in [0.15, 0.2) is 12.3 Å². The van der Waals surface area contributed by atoms with Gasteiger partial charge in [-0.2, -0.15) is 8.75 Å². The maximum Gasteiger partial charge on any atom is 0.252 e. The molecule has 6 nitrogen and oxygen atoms in total. The van der Waals surface area contributed by atoms with Crippen LogP contribution < -0.4 is 5.32 Å². The van der Waals surface area contributed by atoms with E-state index in [9.17, 15) is 4.79 Å². The van der Waals surface area contributed by atoms with Crippen LogP contribution in [-0.4, -0.2) is 50.7 Å². The molecule has 2 rings (SSSR count). The predicted octanol–water partition coefficient (Wildman–Crippen LogP) is 1.55. The van der Waals surface area contributed by atoms with Gasteiger partial charge in [-0.05, 0) is 32.1 Å². The zero-order valence-corrected chi connectivity index (χ0v) is 12.6. The van der Waals surface area contributed by atoms with Crippen molar-refractivity contribution in [2.75, 3.05) is 26.2 Å². The van der Waals surface area contributed by atoms with E-state index < -0.39 is 0 Å². The first-order chi connectivity index (χ1) is 9.74. The lowest BCUT2D eigenvalue weighted by atomic mass is 10.2. The maximum atomic E-state index is 12.0. The summed E-state index contributed by atoms with van der Waals surface area (Å²) in [4.78, 5) is 18.4. The standard InChI is InChI=1S/C13H19N5OS/c1-3-18(4-2)7-5-6-14-13(19)10-8-11-12(15-9-10)17-20-16-11/h8-9H,3-7H2,1-2H3,(H,14,19). The van der Waals surface area contributed by atoms with E-state index in [0.29, 0.717) is 23.3 Å². The molecular weight excluding hydrogens is 274 g/mol. The number of amides is 1. The van der Waals surface area contributed by atoms with E-state index in [0.717, 1.165) is 37.8 Å². The Kier molecular flexibility index (Phi) is 5.37. The molecule has 0 bridgehead atoms. The number of nitrogens with one attached hydrogen (secondary N) is 1. The Morgan fingerprint density at radius 2 is 2.15 bits per heavy atom. The van der Waals surface area contributed by atoms with Gasteiger partial charge in [0.05, 0.1) is 17.3 Å². The number of hydrogen-bond acceptors (Lipinski definition) is 6. The molecule has 2 aromatic heterocycles. The number of hydrogen-bond donors (Lipinski definition) is 1. The number of nitrogens with zero attached hydrogens (tertiary/aromatic N) is 4. The quantitative estimate of drug-likeness (QED) is 0.784. The lowest BCUT2D eigenvalue weighted by Gasteiger charge is -2.17. The number of aromatic nitrogens is 3. The summed E-state index contributed by atoms with van der Waals surface area (Å²) in [6.07, 6.45) is 2.49. The molecule has 0 spiro atoms. The fraction of sp³-hybridized carbons (Fsp3) is 0.538. The van der Waals surface area contributed by atoms with E-state index in [1.807, 2.05) is 0 Å². The van der Waals surface area contributed by atoms with Crippen LogP contribution in [0.2, 0.25) is 0 Å². The normalized spacial score (nSPS) is 11.2. The molecule has 20 heavy (non-hydrogen) atoms. The average molecular weight is 293 g/mol. The molecule has 1 amide bonds. The second kappa shape index (κ2) is 7.25. The van der Waals surface area contributed by atoms with Gasteiger partial charge in [-0.25, -0.2) is 4.98 Å². The molecule has 2 aromatic rings. The third-order valence-corrected chi connectivity index (χ3v) is 3.74. The fourth-order valence-corrected chi connectivity index (χ4v) is 2.44. The zero-order valence-electron chi connectivity index (χ0n) is 11.8. The average Bonchev–Trinajstić information content (AvgIpc) is 2.94. The molecule has 0 aliphatic heterocycles. The summed E-state index contributed by atoms with van der Waals surface area (Å²) in [6.45, 7) is 8.04. The van der Waals surface area contributed by atoms with Crippen LogP contribution in [0.3, 0.4) is 0 Å². The summed E-state index contributed by atoms with van der Waals surface area (Å²) in [6, 6.07) is 1.73. The van der Waals surface area contributed by atoms with Crippen LogP contribution in [0.4, 0.5) is 0 Å². The van der Waals surface area contributed by atoms with Crippen molar-refractivity contribution in [2.24, 2.45) is 0 Å². The van der Waals surface area contributed by atoms with Crippen LogP contribution in [0, 0.1) is 0 Å². The predicted molar refractivity (Wildman–Crippen MR) is 79.9 cm³/mol. The fourth-order valence-electron chi connectivity index (χ4n) is 1.96. The SMILES string of the molecule is CCN(CC)CCCNC(=O)c1cnc2nsnc2c1. The van der Waals surface area contributed by atoms with Crippen molar-refractivity contribution in [2.45, 2.75) is 20.3 Å². The number of carbonyl (C=O) groups excluding carboxylic acids is 1. The van der Waals surface area contributed by atoms with Gasteiger partial charge in [0.2, 0.25) is 0 Å². The summed E-state index contributed by atoms with van der Waals surface area (Å²) in [5.74, 6) is -0.105. The Morgan fingerprint density at radius 1 is 1.35 bits per heavy atom. The Labute approximate surface area is 122 Å². The molecule has 2 heterocycles. The van der Waals surface area contributed by atoms with Crippen molar-refractivity contribution in [3.8, 4) is 0 Å². The number of carbonyl (C=O) groups is 1. The van der Waals surface area contributed by atoms with Crippen molar-refractivity contribution in [1.29, 1.82) is 0 Å². The largest absolute Gasteiger partial charge is 0.352 e. The molecule has 1 N–H and O–H groups in total. The second-order valence-electron chi connectivity index (χ2n) is 4.47. The molecule has 0 aliphatic rings. The molecule has 7 heteroatoms. The lowest BCUT2D eigenvalue weighted by Crippen LogP contribution is -2.29. The van der Waals surface area contributed by atoms with Gasteiger partial charge < -0.3 is 10.2 Å². The highest BCUT2D eigenvalue weighted by Gasteiger charge is 2.08. The van der Waals surface area contributed by atoms with Crippen LogP contribution in [-0.2, 0) is 0 Å². The summed E-state index contributed by atoms with van der Waals surface area (Å²) >= 11 is 1.10. The molecule has 0 fully saturated rings. The maximum absolute atomic E-state index is 12.0. The van der Waals surface area contributed by atoms with Crippen LogP contribution >= 0.6 is 11.7 Å². The molecule has 0 atom stereocenters. The van der Waals surface area contributed by atoms with Crippen LogP contribution in [0.25, 0.3) is 11.2 Å². The van der Waals surface area contributed by atoms with Crippen molar-refractivity contribution >= 4 is 28.8 Å². The van der Waals surface area contributed by atoms with Gasteiger partial charge in [0, 0.05) is 12.7 Å². The van der Waals surface area contributed by atoms with Crippen molar-refractivity contribution in [1.82, 2.24) is 23.9 Å². The number of pyridine rings is 1. The minimum absolute atomic E-state index is 0.105. The molecule has 0 aliphatic carbocycles. The van der Waals surface area contributed by atoms with Gasteiger partial charge in [-0.15, -0.1) is 0 Å². The van der Waals surface area contributed by atoms with E-state index in [1.165, 1.54) is 0 Å². The third kappa shape index (κ3) is 3.71. The number of fused-ring (bicyclic) bond motifs is 1. The van der Waals surface area contributed by atoms with Gasteiger partial charge in [0.15, 0.2) is 5.65 Å². The second-order valence-corrected chi connectivity index (χ2v) is 5.00. The van der Waals surface area contributed by atoms with Crippen molar-refractivity contribution < 1.29 is 4.79 Å². The first kappa shape index (κ1) is 14.8. The van der Waals surface area contributed by atoms with Gasteiger partial charge in [-0.1, -0.05) is 13.8 Å². The number of rotatable bonds is 7. The monoisotopic (exact) mass is 293 g/mol. The Balaban J connectivity index is 1.82. The van der Waals surface area contributed by atoms with Gasteiger partial charge in [0.1, 0.15) is 5.52 Å². The molecule has 108 valence electrons. The third-order valence-electron chi connectivity index (χ3n) is 3.21. The summed E-state index contributed by atoms with van der Waals surface area (Å²) in [5, 5.41) is 2.91. The van der Waals surface area contributed by atoms with Gasteiger partial charge >= 0.3 is 0 Å². The molecule has 0 saturated carbocycles. The highest BCUT2D eigenvalue weighted by molar-refractivity contribution is 7.00. The summed E-state index contributed by atoms with van der Waals surface area (Å²) < 4.78 is 8.10. The first-order valence-corrected chi connectivity index (χ1v) is 7.56. The van der Waals surface area contributed by atoms with E-state index >= 15 is 0 Å². The highest BCUT2D eigenvalue weighted by atomic mass is 32.1. The lowest BCUT2D eigenvalue weighted by molar-refractivity contribution is 0.0951. The summed E-state index contributed by atoms with van der Waals surface area (Å²) in [5.41, 5.74) is 1.80. The van der Waals surface area contributed by atoms with Crippen LogP contribution in [0.5, 0.6) is 0 Å². The summed E-state index contributed by atoms with van der Waals surface area (Å²) in [7, 11) is 0. The molecular formula is C13H19N5OS. The minimum atomic E-state index is -0.105. The van der Waals surface area contributed by atoms with E-state index in [-0.39, 0.29) is 5.91 Å². The highest BCUT2D eigenvalue weighted by Crippen LogP contribution is 2.10. The topological polar surface area (TPSA) is 71.0 Å². The van der Waals surface area contributed by atoms with Crippen molar-refractivity contribution in [3.05, 3.63) is 17.8 Å². The van der Waals surface area contributed by atoms with Crippen LogP contribution in [0.1, 0.15) is 30.6 Å². The van der Waals surface area contributed by atoms with Crippen molar-refractivity contribution in [3.63, 3.8) is 0 Å². The van der Waals surface area contributed by atoms with E-state index in [2.05, 4.69) is 37.8 Å². The smallest absolute Gasteiger partial charge is 0.252 e. The Bertz CT molecular complexity index is 567. The zero-order chi connectivity index (χ0) is 14.4. The molecule has 0 saturated heterocycles. The van der Waals surface area contributed by atoms with E-state index in [1.54, 1.807) is 12.3 Å². The molecule has 0 unspecified atom stereocenters. The van der Waals surface area contributed by atoms with Gasteiger partial charge in [0.25, 0.3) is 5.91 Å². The minimum Gasteiger partial charge on any atom is -0.352 e.